The third kappa shape index (κ3) is 3.20. The lowest BCUT2D eigenvalue weighted by atomic mass is 10.2. The van der Waals surface area contributed by atoms with Crippen molar-refractivity contribution in [2.75, 3.05) is 0 Å². The zero-order valence-corrected chi connectivity index (χ0v) is 14.9. The number of amides is 2. The van der Waals surface area contributed by atoms with Crippen LogP contribution in [0.2, 0.25) is 0 Å². The van der Waals surface area contributed by atoms with Crippen molar-refractivity contribution in [3.63, 3.8) is 0 Å². The number of aromatic nitrogens is 6. The number of aromatic amines is 1. The van der Waals surface area contributed by atoms with Gasteiger partial charge in [0.2, 0.25) is 0 Å². The minimum atomic E-state index is -0.583. The van der Waals surface area contributed by atoms with Crippen LogP contribution in [0, 0.1) is 0 Å². The normalized spacial score (nSPS) is 13.4. The van der Waals surface area contributed by atoms with Crippen molar-refractivity contribution < 1.29 is 9.59 Å². The molecule has 3 N–H and O–H groups in total. The summed E-state index contributed by atoms with van der Waals surface area (Å²) in [4.78, 5) is 24.3. The maximum Gasteiger partial charge on any atom is 0.292 e. The molecule has 0 unspecified atom stereocenters. The van der Waals surface area contributed by atoms with E-state index in [0.29, 0.717) is 0 Å². The number of nitrogens with one attached hydrogen (secondary N) is 3. The van der Waals surface area contributed by atoms with Crippen LogP contribution in [0.3, 0.4) is 0 Å². The minimum Gasteiger partial charge on any atom is -0.265 e. The van der Waals surface area contributed by atoms with Crippen molar-refractivity contribution in [3.8, 4) is 5.69 Å². The largest absolute Gasteiger partial charge is 0.292 e. The van der Waals surface area contributed by atoms with Gasteiger partial charge < -0.3 is 0 Å². The van der Waals surface area contributed by atoms with Gasteiger partial charge >= 0.3 is 0 Å². The number of hydrogen-bond donors (Lipinski definition) is 3. The zero-order chi connectivity index (χ0) is 18.1. The van der Waals surface area contributed by atoms with Gasteiger partial charge in [-0.05, 0) is 37.1 Å². The quantitative estimate of drug-likeness (QED) is 0.545. The van der Waals surface area contributed by atoms with E-state index < -0.39 is 11.8 Å². The molecule has 1 saturated carbocycles. The van der Waals surface area contributed by atoms with Crippen molar-refractivity contribution in [3.05, 3.63) is 52.0 Å². The van der Waals surface area contributed by atoms with E-state index in [1.807, 2.05) is 24.3 Å². The van der Waals surface area contributed by atoms with Crippen LogP contribution in [0.25, 0.3) is 5.69 Å². The Kier molecular flexibility index (Phi) is 4.21. The van der Waals surface area contributed by atoms with E-state index in [-0.39, 0.29) is 17.3 Å². The van der Waals surface area contributed by atoms with Crippen LogP contribution in [0.5, 0.6) is 0 Å². The summed E-state index contributed by atoms with van der Waals surface area (Å²) in [5.41, 5.74) is 6.42. The van der Waals surface area contributed by atoms with Crippen molar-refractivity contribution in [1.82, 2.24) is 41.3 Å². The third-order valence-corrected chi connectivity index (χ3v) is 4.42. The zero-order valence-electron chi connectivity index (χ0n) is 13.3. The molecule has 0 saturated heterocycles. The van der Waals surface area contributed by atoms with Crippen LogP contribution in [0.1, 0.15) is 45.4 Å². The highest BCUT2D eigenvalue weighted by molar-refractivity contribution is 9.10. The molecule has 4 rings (SSSR count). The van der Waals surface area contributed by atoms with Gasteiger partial charge in [0.05, 0.1) is 17.6 Å². The van der Waals surface area contributed by atoms with Gasteiger partial charge in [0.15, 0.2) is 11.4 Å². The van der Waals surface area contributed by atoms with Crippen LogP contribution >= 0.6 is 15.9 Å². The Balaban J connectivity index is 1.55. The van der Waals surface area contributed by atoms with Crippen molar-refractivity contribution in [1.29, 1.82) is 0 Å². The molecule has 1 aromatic carbocycles. The first-order chi connectivity index (χ1) is 12.6. The van der Waals surface area contributed by atoms with Gasteiger partial charge in [0, 0.05) is 10.4 Å². The summed E-state index contributed by atoms with van der Waals surface area (Å²) < 4.78 is 2.61. The number of halogens is 1. The van der Waals surface area contributed by atoms with Crippen LogP contribution in [-0.2, 0) is 0 Å². The molecule has 0 radical (unpaired) electrons. The lowest BCUT2D eigenvalue weighted by molar-refractivity contribution is 0.0840. The van der Waals surface area contributed by atoms with Crippen molar-refractivity contribution in [2.45, 2.75) is 18.8 Å². The van der Waals surface area contributed by atoms with Crippen LogP contribution in [0.4, 0.5) is 0 Å². The average molecular weight is 417 g/mol. The van der Waals surface area contributed by atoms with Gasteiger partial charge in [-0.2, -0.15) is 15.4 Å². The molecule has 2 heterocycles. The number of hydrazine groups is 1. The van der Waals surface area contributed by atoms with Crippen molar-refractivity contribution in [2.24, 2.45) is 0 Å². The molecule has 3 aromatic rings. The number of rotatable bonds is 4. The smallest absolute Gasteiger partial charge is 0.265 e. The Morgan fingerprint density at radius 2 is 1.88 bits per heavy atom. The third-order valence-electron chi connectivity index (χ3n) is 3.89. The first-order valence-corrected chi connectivity index (χ1v) is 8.61. The Morgan fingerprint density at radius 1 is 1.15 bits per heavy atom. The molecule has 2 aromatic heterocycles. The summed E-state index contributed by atoms with van der Waals surface area (Å²) in [6.07, 6.45) is 3.19. The predicted octanol–water partition coefficient (Wildman–Crippen LogP) is 1.10. The second-order valence-electron chi connectivity index (χ2n) is 5.75. The lowest BCUT2D eigenvalue weighted by Crippen LogP contribution is -2.42. The molecule has 2 amide bonds. The molecule has 1 fully saturated rings. The fraction of sp³-hybridized carbons (Fsp3) is 0.200. The van der Waals surface area contributed by atoms with Gasteiger partial charge in [-0.1, -0.05) is 21.1 Å². The first-order valence-electron chi connectivity index (χ1n) is 7.81. The minimum absolute atomic E-state index is 0.0613. The molecule has 0 atom stereocenters. The van der Waals surface area contributed by atoms with Gasteiger partial charge in [-0.3, -0.25) is 20.4 Å². The molecule has 0 spiro atoms. The number of benzene rings is 1. The van der Waals surface area contributed by atoms with E-state index in [2.05, 4.69) is 52.5 Å². The topological polar surface area (TPSA) is 130 Å². The standard InChI is InChI=1S/C15H13BrN8O2/c16-9-3-5-10(6-4-9)24-13(8-1-2-8)12(19-23-24)15(26)21-20-14(25)11-7-17-22-18-11/h3-8H,1-2H2,(H,20,25)(H,21,26)(H,17,18,22). The molecule has 1 aliphatic rings. The second-order valence-corrected chi connectivity index (χ2v) is 6.66. The fourth-order valence-electron chi connectivity index (χ4n) is 2.49. The van der Waals surface area contributed by atoms with Gasteiger partial charge in [0.25, 0.3) is 11.8 Å². The number of nitrogens with zero attached hydrogens (tertiary/aromatic N) is 5. The van der Waals surface area contributed by atoms with E-state index in [9.17, 15) is 9.59 Å². The summed E-state index contributed by atoms with van der Waals surface area (Å²) in [7, 11) is 0. The Bertz CT molecular complexity index is 947. The molecular weight excluding hydrogens is 404 g/mol. The summed E-state index contributed by atoms with van der Waals surface area (Å²) in [6.45, 7) is 0. The first kappa shape index (κ1) is 16.4. The number of H-pyrrole nitrogens is 1. The highest BCUT2D eigenvalue weighted by Gasteiger charge is 2.34. The molecule has 1 aliphatic carbocycles. The average Bonchev–Trinajstić information content (AvgIpc) is 3.16. The number of hydrogen-bond acceptors (Lipinski definition) is 6. The summed E-state index contributed by atoms with van der Waals surface area (Å²) in [5, 5.41) is 17.6. The molecule has 0 bridgehead atoms. The van der Waals surface area contributed by atoms with E-state index in [1.54, 1.807) is 4.68 Å². The molecule has 11 heteroatoms. The highest BCUT2D eigenvalue weighted by atomic mass is 79.9. The van der Waals surface area contributed by atoms with E-state index in [0.717, 1.165) is 28.7 Å². The fourth-order valence-corrected chi connectivity index (χ4v) is 2.76. The highest BCUT2D eigenvalue weighted by Crippen LogP contribution is 2.41. The summed E-state index contributed by atoms with van der Waals surface area (Å²) in [6, 6.07) is 7.56. The SMILES string of the molecule is O=C(NNC(=O)c1nnn(-c2ccc(Br)cc2)c1C1CC1)c1cn[nH]n1. The predicted molar refractivity (Wildman–Crippen MR) is 92.3 cm³/mol. The molecular formula is C15H13BrN8O2. The molecule has 132 valence electrons. The van der Waals surface area contributed by atoms with E-state index in [1.165, 1.54) is 6.20 Å². The van der Waals surface area contributed by atoms with Crippen LogP contribution in [-0.4, -0.2) is 42.2 Å². The Morgan fingerprint density at radius 3 is 2.54 bits per heavy atom. The number of carbonyl (C=O) groups is 2. The molecule has 26 heavy (non-hydrogen) atoms. The van der Waals surface area contributed by atoms with Crippen molar-refractivity contribution >= 4 is 27.7 Å². The maximum atomic E-state index is 12.5. The Hall–Kier alpha value is -3.08. The van der Waals surface area contributed by atoms with Gasteiger partial charge in [-0.25, -0.2) is 4.68 Å². The van der Waals surface area contributed by atoms with Crippen LogP contribution < -0.4 is 10.9 Å². The number of carbonyl (C=O) groups excluding carboxylic acids is 2. The van der Waals surface area contributed by atoms with E-state index >= 15 is 0 Å². The monoisotopic (exact) mass is 416 g/mol. The second kappa shape index (κ2) is 6.67. The Labute approximate surface area is 155 Å². The summed E-state index contributed by atoms with van der Waals surface area (Å²) >= 11 is 3.40. The van der Waals surface area contributed by atoms with E-state index in [4.69, 9.17) is 0 Å². The summed E-state index contributed by atoms with van der Waals surface area (Å²) in [5.74, 6) is -0.895. The lowest BCUT2D eigenvalue weighted by Gasteiger charge is -2.08. The molecule has 10 nitrogen and oxygen atoms in total. The maximum absolute atomic E-state index is 12.5. The molecule has 0 aliphatic heterocycles. The van der Waals surface area contributed by atoms with Crippen LogP contribution in [0.15, 0.2) is 34.9 Å². The van der Waals surface area contributed by atoms with Gasteiger partial charge in [0.1, 0.15) is 0 Å². The van der Waals surface area contributed by atoms with Gasteiger partial charge in [-0.15, -0.1) is 5.10 Å².